The van der Waals surface area contributed by atoms with Crippen molar-refractivity contribution in [3.8, 4) is 16.8 Å². The standard InChI is InChI=1S/C37H30NO.ClHO4/c1-27-34-23-21-29(22-24-35(34)28(2)38(27)33-19-10-5-11-20-33)13-12-14-30-25-36(31-15-6-3-7-16-31)39-37(26-30)32-17-8-4-9-18-32;2-1(3,4)5/h3-26H,1-2H3;(H,2,3,4,5)/q+1;/p-1/b13-12+;. The highest BCUT2D eigenvalue weighted by Gasteiger charge is 2.26. The molecule has 3 aromatic rings. The quantitative estimate of drug-likeness (QED) is 0.283. The summed E-state index contributed by atoms with van der Waals surface area (Å²) in [6, 6.07) is 39.9. The molecule has 0 spiro atoms. The molecule has 0 fully saturated rings. The Labute approximate surface area is 259 Å². The van der Waals surface area contributed by atoms with Crippen molar-refractivity contribution in [1.82, 2.24) is 0 Å². The lowest BCUT2D eigenvalue weighted by molar-refractivity contribution is -2.00. The van der Waals surface area contributed by atoms with E-state index < -0.39 is 10.2 Å². The fourth-order valence-electron chi connectivity index (χ4n) is 5.17. The van der Waals surface area contributed by atoms with Gasteiger partial charge < -0.3 is 4.74 Å². The lowest BCUT2D eigenvalue weighted by atomic mass is 10.0. The van der Waals surface area contributed by atoms with Gasteiger partial charge in [0, 0.05) is 37.1 Å². The summed E-state index contributed by atoms with van der Waals surface area (Å²) in [5, 5.41) is 0. The van der Waals surface area contributed by atoms with Crippen LogP contribution < -0.4 is 23.2 Å². The minimum Gasteiger partial charge on any atom is -0.456 e. The van der Waals surface area contributed by atoms with Gasteiger partial charge in [-0.15, -0.1) is 10.2 Å². The van der Waals surface area contributed by atoms with Crippen molar-refractivity contribution in [1.29, 1.82) is 0 Å². The van der Waals surface area contributed by atoms with Crippen molar-refractivity contribution in [3.63, 3.8) is 0 Å². The second-order valence-corrected chi connectivity index (χ2v) is 10.8. The Hall–Kier alpha value is -4.82. The van der Waals surface area contributed by atoms with E-state index in [1.54, 1.807) is 0 Å². The van der Waals surface area contributed by atoms with Gasteiger partial charge in [0.25, 0.3) is 0 Å². The van der Waals surface area contributed by atoms with Gasteiger partial charge >= 0.3 is 0 Å². The van der Waals surface area contributed by atoms with Crippen molar-refractivity contribution >= 4 is 17.6 Å². The molecule has 2 heterocycles. The summed E-state index contributed by atoms with van der Waals surface area (Å²) in [5.41, 5.74) is 10.6. The largest absolute Gasteiger partial charge is 0.456 e. The van der Waals surface area contributed by atoms with Crippen molar-refractivity contribution < 1.29 is 38.2 Å². The van der Waals surface area contributed by atoms with E-state index in [-0.39, 0.29) is 0 Å². The van der Waals surface area contributed by atoms with Crippen molar-refractivity contribution in [2.24, 2.45) is 0 Å². The van der Waals surface area contributed by atoms with Gasteiger partial charge in [-0.05, 0) is 35.4 Å². The van der Waals surface area contributed by atoms with Crippen LogP contribution in [0.5, 0.6) is 0 Å². The van der Waals surface area contributed by atoms with Gasteiger partial charge in [0.1, 0.15) is 11.5 Å². The Morgan fingerprint density at radius 1 is 0.591 bits per heavy atom. The predicted octanol–water partition coefficient (Wildman–Crippen LogP) is 3.98. The van der Waals surface area contributed by atoms with Crippen LogP contribution in [-0.4, -0.2) is 0 Å². The van der Waals surface area contributed by atoms with Crippen molar-refractivity contribution in [2.45, 2.75) is 13.8 Å². The first-order valence-electron chi connectivity index (χ1n) is 13.9. The first-order valence-corrected chi connectivity index (χ1v) is 15.1. The molecular formula is C37H30ClNO5. The third-order valence-electron chi connectivity index (χ3n) is 7.15. The molecule has 0 bridgehead atoms. The predicted molar refractivity (Wildman–Crippen MR) is 161 cm³/mol. The monoisotopic (exact) mass is 603 g/mol. The summed E-state index contributed by atoms with van der Waals surface area (Å²) in [4.78, 5) is 0. The normalized spacial score (nSPS) is 13.1. The molecule has 0 amide bonds. The summed E-state index contributed by atoms with van der Waals surface area (Å²) in [5.74, 6) is 1.69. The van der Waals surface area contributed by atoms with E-state index >= 15 is 0 Å². The van der Waals surface area contributed by atoms with Crippen LogP contribution in [0.25, 0.3) is 34.4 Å². The number of para-hydroxylation sites is 1. The average Bonchev–Trinajstić information content (AvgIpc) is 3.13. The second kappa shape index (κ2) is 13.7. The fraction of sp³-hybridized carbons (Fsp3) is 0.0541. The van der Waals surface area contributed by atoms with Crippen LogP contribution in [0.4, 0.5) is 0 Å². The van der Waals surface area contributed by atoms with Crippen LogP contribution in [0.15, 0.2) is 145 Å². The van der Waals surface area contributed by atoms with Crippen LogP contribution in [0.1, 0.15) is 28.1 Å². The molecule has 44 heavy (non-hydrogen) atoms. The summed E-state index contributed by atoms with van der Waals surface area (Å²) >= 11 is 0. The van der Waals surface area contributed by atoms with Crippen molar-refractivity contribution in [2.75, 3.05) is 0 Å². The summed E-state index contributed by atoms with van der Waals surface area (Å²) in [7, 11) is -4.94. The Morgan fingerprint density at radius 3 is 1.48 bits per heavy atom. The zero-order valence-electron chi connectivity index (χ0n) is 24.2. The molecule has 3 aliphatic rings. The Morgan fingerprint density at radius 2 is 1.02 bits per heavy atom. The lowest BCUT2D eigenvalue weighted by Crippen LogP contribution is -2.68. The number of rotatable bonds is 5. The van der Waals surface area contributed by atoms with Gasteiger partial charge in [-0.25, -0.2) is 18.6 Å². The van der Waals surface area contributed by atoms with Gasteiger partial charge in [-0.3, -0.25) is 0 Å². The highest BCUT2D eigenvalue weighted by atomic mass is 35.7. The maximum Gasteiger partial charge on any atom is 0.211 e. The van der Waals surface area contributed by atoms with Gasteiger partial charge in [0.15, 0.2) is 11.4 Å². The number of allylic oxidation sites excluding steroid dienone is 5. The lowest BCUT2D eigenvalue weighted by Gasteiger charge is -2.18. The molecule has 0 radical (unpaired) electrons. The number of fused-ring (bicyclic) bond motifs is 1. The third kappa shape index (κ3) is 7.76. The van der Waals surface area contributed by atoms with Gasteiger partial charge in [0.05, 0.1) is 11.1 Å². The minimum absolute atomic E-state index is 0.846. The van der Waals surface area contributed by atoms with E-state index in [9.17, 15) is 0 Å². The number of benzene rings is 3. The molecule has 220 valence electrons. The number of halogens is 1. The summed E-state index contributed by atoms with van der Waals surface area (Å²) < 4.78 is 42.6. The van der Waals surface area contributed by atoms with Gasteiger partial charge in [-0.2, -0.15) is 4.57 Å². The van der Waals surface area contributed by atoms with E-state index in [0.717, 1.165) is 33.8 Å². The molecule has 0 aromatic heterocycles. The van der Waals surface area contributed by atoms with E-state index in [0.29, 0.717) is 0 Å². The molecule has 0 saturated carbocycles. The zero-order valence-corrected chi connectivity index (χ0v) is 25.0. The number of aromatic nitrogens is 1. The molecular weight excluding hydrogens is 574 g/mol. The molecule has 3 aromatic carbocycles. The molecule has 1 aliphatic carbocycles. The average molecular weight is 604 g/mol. The van der Waals surface area contributed by atoms with Gasteiger partial charge in [-0.1, -0.05) is 109 Å². The molecule has 6 rings (SSSR count). The van der Waals surface area contributed by atoms with Crippen LogP contribution in [-0.2, 0) is 4.74 Å². The molecule has 0 saturated heterocycles. The van der Waals surface area contributed by atoms with Crippen molar-refractivity contribution in [3.05, 3.63) is 173 Å². The topological polar surface area (TPSA) is 105 Å². The highest BCUT2D eigenvalue weighted by Crippen LogP contribution is 2.32. The molecule has 0 atom stereocenters. The Kier molecular flexibility index (Phi) is 9.50. The summed E-state index contributed by atoms with van der Waals surface area (Å²) in [6.07, 6.45) is 10.6. The fourth-order valence-corrected chi connectivity index (χ4v) is 5.17. The van der Waals surface area contributed by atoms with E-state index in [1.807, 2.05) is 36.4 Å². The molecule has 6 nitrogen and oxygen atoms in total. The molecule has 7 heteroatoms. The maximum atomic E-state index is 8.49. The van der Waals surface area contributed by atoms with Crippen LogP contribution in [0.2, 0.25) is 0 Å². The van der Waals surface area contributed by atoms with Crippen LogP contribution in [0, 0.1) is 24.1 Å². The third-order valence-corrected chi connectivity index (χ3v) is 7.15. The number of nitrogens with zero attached hydrogens (tertiary/aromatic N) is 1. The smallest absolute Gasteiger partial charge is 0.211 e. The van der Waals surface area contributed by atoms with Gasteiger partial charge in [0.2, 0.25) is 5.69 Å². The first-order chi connectivity index (χ1) is 21.2. The van der Waals surface area contributed by atoms with Crippen LogP contribution in [0.3, 0.4) is 0 Å². The van der Waals surface area contributed by atoms with E-state index in [2.05, 4.69) is 128 Å². The second-order valence-electron chi connectivity index (χ2n) is 10.1. The minimum atomic E-state index is -4.94. The van der Waals surface area contributed by atoms with E-state index in [4.69, 9.17) is 23.4 Å². The molecule has 0 unspecified atom stereocenters. The highest BCUT2D eigenvalue weighted by molar-refractivity contribution is 5.78. The number of ether oxygens (including phenoxy) is 1. The Balaban J connectivity index is 0.000000712. The zero-order chi connectivity index (χ0) is 31.1. The maximum absolute atomic E-state index is 8.49. The SMILES string of the molecule is Cc1c2ccc(/C=C/C=C3C=C(c4ccccc4)OC(c4ccccc4)=C3)ccc-2c(C)[n+]1-c1ccccc1.[O-][Cl+3]([O-])([O-])[O-]. The molecule has 0 N–H and O–H groups in total. The number of hydrogen-bond acceptors (Lipinski definition) is 5. The van der Waals surface area contributed by atoms with E-state index in [1.165, 1.54) is 28.2 Å². The van der Waals surface area contributed by atoms with Crippen LogP contribution >= 0.6 is 0 Å². The summed E-state index contributed by atoms with van der Waals surface area (Å²) in [6.45, 7) is 4.39. The number of hydrogen-bond donors (Lipinski definition) is 0. The molecule has 2 aliphatic heterocycles. The Bertz CT molecular complexity index is 1720. The first kappa shape index (κ1) is 30.6.